The zero-order valence-electron chi connectivity index (χ0n) is 7.68. The summed E-state index contributed by atoms with van der Waals surface area (Å²) in [5, 5.41) is 18.7. The highest BCUT2D eigenvalue weighted by Crippen LogP contribution is 2.17. The van der Waals surface area contributed by atoms with Crippen LogP contribution < -0.4 is 0 Å². The highest BCUT2D eigenvalue weighted by Gasteiger charge is 2.32. The highest BCUT2D eigenvalue weighted by atomic mass is 16.5. The molecule has 1 heterocycles. The number of rotatable bonds is 1. The van der Waals surface area contributed by atoms with Gasteiger partial charge in [0.25, 0.3) is 0 Å². The Kier molecular flexibility index (Phi) is 1.94. The van der Waals surface area contributed by atoms with Gasteiger partial charge < -0.3 is 10.2 Å². The van der Waals surface area contributed by atoms with E-state index in [1.165, 1.54) is 6.92 Å². The van der Waals surface area contributed by atoms with Gasteiger partial charge in [0.15, 0.2) is 5.84 Å². The summed E-state index contributed by atoms with van der Waals surface area (Å²) in [5.41, 5.74) is 0.966. The third-order valence-corrected chi connectivity index (χ3v) is 2.05. The van der Waals surface area contributed by atoms with Gasteiger partial charge in [0.2, 0.25) is 0 Å². The van der Waals surface area contributed by atoms with Gasteiger partial charge >= 0.3 is 5.91 Å². The van der Waals surface area contributed by atoms with E-state index in [-0.39, 0.29) is 5.71 Å². The van der Waals surface area contributed by atoms with Crippen molar-refractivity contribution in [1.82, 2.24) is 0 Å². The van der Waals surface area contributed by atoms with Crippen molar-refractivity contribution in [3.8, 4) is 0 Å². The van der Waals surface area contributed by atoms with E-state index >= 15 is 0 Å². The smallest absolute Gasteiger partial charge is 0.308 e. The molecule has 1 aliphatic heterocycles. The van der Waals surface area contributed by atoms with E-state index in [1.54, 1.807) is 0 Å². The molecular formula is C10H10N2O2. The first-order chi connectivity index (χ1) is 6.59. The lowest BCUT2D eigenvalue weighted by Crippen LogP contribution is -2.31. The number of amidine groups is 1. The molecule has 0 radical (unpaired) electrons. The molecule has 1 aromatic rings. The molecule has 0 saturated carbocycles. The molecule has 2 N–H and O–H groups in total. The van der Waals surface area contributed by atoms with Gasteiger partial charge in [-0.2, -0.15) is 4.99 Å². The van der Waals surface area contributed by atoms with Crippen molar-refractivity contribution in [3.05, 3.63) is 35.9 Å². The molecule has 0 spiro atoms. The van der Waals surface area contributed by atoms with E-state index in [2.05, 4.69) is 9.98 Å². The molecular weight excluding hydrogens is 180 g/mol. The second-order valence-electron chi connectivity index (χ2n) is 3.13. The molecule has 0 fully saturated rings. The normalized spacial score (nSPS) is 19.1. The van der Waals surface area contributed by atoms with E-state index in [4.69, 9.17) is 0 Å². The molecule has 2 rings (SSSR count). The van der Waals surface area contributed by atoms with Gasteiger partial charge in [0, 0.05) is 5.56 Å². The largest absolute Gasteiger partial charge is 0.343 e. The summed E-state index contributed by atoms with van der Waals surface area (Å²) in [7, 11) is 0. The van der Waals surface area contributed by atoms with Crippen LogP contribution in [0.25, 0.3) is 0 Å². The third-order valence-electron chi connectivity index (χ3n) is 2.05. The topological polar surface area (TPSA) is 65.2 Å². The summed E-state index contributed by atoms with van der Waals surface area (Å²) in [6, 6.07) is 9.20. The fourth-order valence-corrected chi connectivity index (χ4v) is 1.20. The van der Waals surface area contributed by atoms with Crippen LogP contribution in [0.3, 0.4) is 0 Å². The lowest BCUT2D eigenvalue weighted by atomic mass is 10.2. The Balaban J connectivity index is 2.41. The zero-order valence-corrected chi connectivity index (χ0v) is 7.68. The molecule has 0 aliphatic carbocycles. The molecule has 0 saturated heterocycles. The summed E-state index contributed by atoms with van der Waals surface area (Å²) in [4.78, 5) is 7.67. The molecule has 0 unspecified atom stereocenters. The van der Waals surface area contributed by atoms with Crippen molar-refractivity contribution in [3.63, 3.8) is 0 Å². The minimum Gasteiger partial charge on any atom is -0.343 e. The van der Waals surface area contributed by atoms with Crippen molar-refractivity contribution < 1.29 is 10.2 Å². The fraction of sp³-hybridized carbons (Fsp3) is 0.200. The lowest BCUT2D eigenvalue weighted by Gasteiger charge is -2.09. The van der Waals surface area contributed by atoms with Crippen molar-refractivity contribution in [2.24, 2.45) is 9.98 Å². The van der Waals surface area contributed by atoms with Crippen LogP contribution in [0.1, 0.15) is 12.5 Å². The highest BCUT2D eigenvalue weighted by molar-refractivity contribution is 6.12. The molecule has 1 aliphatic rings. The first-order valence-electron chi connectivity index (χ1n) is 4.25. The summed E-state index contributed by atoms with van der Waals surface area (Å²) in [6.07, 6.45) is 0. The van der Waals surface area contributed by atoms with Gasteiger partial charge in [-0.3, -0.25) is 0 Å². The summed E-state index contributed by atoms with van der Waals surface area (Å²) >= 11 is 0. The fourth-order valence-electron chi connectivity index (χ4n) is 1.20. The van der Waals surface area contributed by atoms with Gasteiger partial charge in [-0.1, -0.05) is 30.3 Å². The van der Waals surface area contributed by atoms with Gasteiger partial charge in [0.1, 0.15) is 5.71 Å². The third kappa shape index (κ3) is 1.45. The Labute approximate surface area is 81.3 Å². The predicted octanol–water partition coefficient (Wildman–Crippen LogP) is 0.546. The molecule has 0 amide bonds. The Morgan fingerprint density at radius 3 is 2.29 bits per heavy atom. The minimum absolute atomic E-state index is 0.191. The molecule has 4 heteroatoms. The summed E-state index contributed by atoms with van der Waals surface area (Å²) < 4.78 is 0. The number of aliphatic hydroxyl groups is 2. The molecule has 0 atom stereocenters. The summed E-state index contributed by atoms with van der Waals surface area (Å²) in [6.45, 7) is 1.53. The first kappa shape index (κ1) is 9.05. The van der Waals surface area contributed by atoms with Crippen molar-refractivity contribution >= 4 is 11.5 Å². The quantitative estimate of drug-likeness (QED) is 0.635. The van der Waals surface area contributed by atoms with Crippen molar-refractivity contribution in [2.45, 2.75) is 12.8 Å². The average molecular weight is 190 g/mol. The maximum Gasteiger partial charge on any atom is 0.308 e. The molecule has 14 heavy (non-hydrogen) atoms. The molecule has 0 aromatic heterocycles. The lowest BCUT2D eigenvalue weighted by molar-refractivity contribution is -0.0881. The Bertz CT molecular complexity index is 407. The van der Waals surface area contributed by atoms with Crippen LogP contribution in [0.5, 0.6) is 0 Å². The van der Waals surface area contributed by atoms with Crippen LogP contribution in [0, 0.1) is 0 Å². The van der Waals surface area contributed by atoms with E-state index in [0.717, 1.165) is 5.56 Å². The van der Waals surface area contributed by atoms with Crippen LogP contribution in [0.15, 0.2) is 40.3 Å². The summed E-state index contributed by atoms with van der Waals surface area (Å²) in [5.74, 6) is -1.78. The maximum atomic E-state index is 9.33. The molecule has 72 valence electrons. The van der Waals surface area contributed by atoms with Crippen LogP contribution >= 0.6 is 0 Å². The Morgan fingerprint density at radius 1 is 1.14 bits per heavy atom. The average Bonchev–Trinajstić information content (AvgIpc) is 2.43. The van der Waals surface area contributed by atoms with Gasteiger partial charge in [0.05, 0.1) is 0 Å². The zero-order chi connectivity index (χ0) is 10.2. The minimum atomic E-state index is -2.13. The van der Waals surface area contributed by atoms with Crippen molar-refractivity contribution in [2.75, 3.05) is 0 Å². The number of aliphatic imine (C=N–C) groups is 2. The van der Waals surface area contributed by atoms with Crippen LogP contribution in [-0.2, 0) is 0 Å². The number of nitrogens with zero attached hydrogens (tertiary/aromatic N) is 2. The van der Waals surface area contributed by atoms with Gasteiger partial charge in [-0.25, -0.2) is 4.99 Å². The van der Waals surface area contributed by atoms with E-state index < -0.39 is 5.91 Å². The molecule has 4 nitrogen and oxygen atoms in total. The second-order valence-corrected chi connectivity index (χ2v) is 3.13. The Morgan fingerprint density at radius 2 is 1.79 bits per heavy atom. The van der Waals surface area contributed by atoms with Crippen molar-refractivity contribution in [1.29, 1.82) is 0 Å². The predicted molar refractivity (Wildman–Crippen MR) is 53.3 cm³/mol. The number of hydrogen-bond donors (Lipinski definition) is 2. The molecule has 0 bridgehead atoms. The van der Waals surface area contributed by atoms with E-state index in [0.29, 0.717) is 5.84 Å². The SMILES string of the molecule is CC1=NC(c2ccccc2)=NC1(O)O. The second kappa shape index (κ2) is 3.01. The van der Waals surface area contributed by atoms with Crippen LogP contribution in [-0.4, -0.2) is 27.7 Å². The number of hydrogen-bond acceptors (Lipinski definition) is 4. The number of benzene rings is 1. The van der Waals surface area contributed by atoms with Gasteiger partial charge in [-0.05, 0) is 6.92 Å². The first-order valence-corrected chi connectivity index (χ1v) is 4.25. The van der Waals surface area contributed by atoms with Gasteiger partial charge in [-0.15, -0.1) is 0 Å². The molecule has 1 aromatic carbocycles. The monoisotopic (exact) mass is 190 g/mol. The maximum absolute atomic E-state index is 9.33. The van der Waals surface area contributed by atoms with E-state index in [9.17, 15) is 10.2 Å². The Hall–Kier alpha value is -1.52. The standard InChI is InChI=1S/C10H10N2O2/c1-7-10(13,14)12-9(11-7)8-5-3-2-4-6-8/h2-6,13-14H,1H3. The van der Waals surface area contributed by atoms with Crippen LogP contribution in [0.4, 0.5) is 0 Å². The van der Waals surface area contributed by atoms with E-state index in [1.807, 2.05) is 30.3 Å². The van der Waals surface area contributed by atoms with Crippen LogP contribution in [0.2, 0.25) is 0 Å².